The van der Waals surface area contributed by atoms with Crippen molar-refractivity contribution in [2.75, 3.05) is 4.72 Å². The largest absolute Gasteiger partial charge is 0.277 e. The molecule has 11 heteroatoms. The molecule has 6 nitrogen and oxygen atoms in total. The van der Waals surface area contributed by atoms with Crippen LogP contribution >= 0.6 is 0 Å². The molecule has 0 bridgehead atoms. The second-order valence-corrected chi connectivity index (χ2v) is 7.56. The van der Waals surface area contributed by atoms with Gasteiger partial charge in [-0.25, -0.2) is 35.1 Å². The first-order chi connectivity index (χ1) is 10.5. The van der Waals surface area contributed by atoms with Crippen LogP contribution in [-0.4, -0.2) is 16.8 Å². The van der Waals surface area contributed by atoms with Gasteiger partial charge in [-0.15, -0.1) is 0 Å². The molecule has 0 fully saturated rings. The topological polar surface area (TPSA) is 106 Å². The fourth-order valence-corrected chi connectivity index (χ4v) is 3.33. The van der Waals surface area contributed by atoms with Crippen molar-refractivity contribution in [3.8, 4) is 0 Å². The van der Waals surface area contributed by atoms with Gasteiger partial charge in [-0.05, 0) is 30.3 Å². The Morgan fingerprint density at radius 1 is 0.913 bits per heavy atom. The van der Waals surface area contributed by atoms with Crippen LogP contribution in [0.2, 0.25) is 0 Å². The Hall–Kier alpha value is -2.11. The summed E-state index contributed by atoms with van der Waals surface area (Å²) in [6.07, 6.45) is 0. The average molecular weight is 366 g/mol. The molecule has 2 aromatic rings. The van der Waals surface area contributed by atoms with Gasteiger partial charge in [-0.1, -0.05) is 6.07 Å². The number of nitrogens with one attached hydrogen (secondary N) is 1. The lowest BCUT2D eigenvalue weighted by molar-refractivity contribution is 0.485. The molecule has 124 valence electrons. The van der Waals surface area contributed by atoms with Crippen LogP contribution in [0.25, 0.3) is 0 Å². The van der Waals surface area contributed by atoms with Crippen molar-refractivity contribution < 1.29 is 30.0 Å². The molecule has 0 aromatic heterocycles. The van der Waals surface area contributed by atoms with E-state index in [1.54, 1.807) is 4.72 Å². The van der Waals surface area contributed by atoms with Gasteiger partial charge < -0.3 is 0 Å². The summed E-state index contributed by atoms with van der Waals surface area (Å²) in [5, 5.41) is 4.81. The highest BCUT2D eigenvalue weighted by Crippen LogP contribution is 2.23. The van der Waals surface area contributed by atoms with Crippen LogP contribution in [0, 0.1) is 17.5 Å². The summed E-state index contributed by atoms with van der Waals surface area (Å²) < 4.78 is 88.2. The van der Waals surface area contributed by atoms with Gasteiger partial charge in [0, 0.05) is 0 Å². The maximum atomic E-state index is 13.8. The van der Waals surface area contributed by atoms with Crippen LogP contribution in [0.15, 0.2) is 46.2 Å². The number of hydrogen-bond donors (Lipinski definition) is 2. The van der Waals surface area contributed by atoms with Crippen LogP contribution < -0.4 is 9.86 Å². The lowest BCUT2D eigenvalue weighted by atomic mass is 10.3. The molecule has 0 amide bonds. The van der Waals surface area contributed by atoms with Crippen LogP contribution in [0.4, 0.5) is 18.9 Å². The molecule has 0 spiro atoms. The van der Waals surface area contributed by atoms with Crippen LogP contribution in [0.1, 0.15) is 0 Å². The van der Waals surface area contributed by atoms with E-state index in [0.717, 1.165) is 30.3 Å². The molecule has 0 saturated heterocycles. The molecule has 23 heavy (non-hydrogen) atoms. The van der Waals surface area contributed by atoms with Gasteiger partial charge in [0.2, 0.25) is 10.0 Å². The quantitative estimate of drug-likeness (QED) is 0.856. The van der Waals surface area contributed by atoms with Gasteiger partial charge in [-0.2, -0.15) is 0 Å². The third kappa shape index (κ3) is 3.63. The van der Waals surface area contributed by atoms with Gasteiger partial charge in [0.1, 0.15) is 10.7 Å². The predicted octanol–water partition coefficient (Wildman–Crippen LogP) is 1.55. The molecular weight excluding hydrogens is 357 g/mol. The van der Waals surface area contributed by atoms with E-state index < -0.39 is 53.0 Å². The lowest BCUT2D eigenvalue weighted by Gasteiger charge is -2.10. The van der Waals surface area contributed by atoms with Crippen molar-refractivity contribution >= 4 is 25.7 Å². The molecule has 0 aliphatic heterocycles. The van der Waals surface area contributed by atoms with Gasteiger partial charge in [-0.3, -0.25) is 4.72 Å². The third-order valence-electron chi connectivity index (χ3n) is 2.72. The number of sulfonamides is 2. The molecule has 0 atom stereocenters. The maximum absolute atomic E-state index is 13.8. The van der Waals surface area contributed by atoms with Crippen LogP contribution in [0.5, 0.6) is 0 Å². The van der Waals surface area contributed by atoms with E-state index in [1.807, 2.05) is 0 Å². The van der Waals surface area contributed by atoms with Gasteiger partial charge >= 0.3 is 0 Å². The first kappa shape index (κ1) is 17.2. The van der Waals surface area contributed by atoms with Gasteiger partial charge in [0.05, 0.1) is 10.6 Å². The summed E-state index contributed by atoms with van der Waals surface area (Å²) in [7, 11) is -8.80. The molecule has 0 heterocycles. The summed E-state index contributed by atoms with van der Waals surface area (Å²) in [6, 6.07) is 4.62. The zero-order chi connectivity index (χ0) is 17.4. The monoisotopic (exact) mass is 366 g/mol. The minimum atomic E-state index is -4.62. The highest BCUT2D eigenvalue weighted by atomic mass is 32.2. The number of primary sulfonamides is 1. The van der Waals surface area contributed by atoms with Crippen LogP contribution in [-0.2, 0) is 20.0 Å². The summed E-state index contributed by atoms with van der Waals surface area (Å²) in [4.78, 5) is -1.60. The Morgan fingerprint density at radius 2 is 1.57 bits per heavy atom. The number of benzene rings is 2. The highest BCUT2D eigenvalue weighted by Gasteiger charge is 2.23. The highest BCUT2D eigenvalue weighted by molar-refractivity contribution is 7.92. The van der Waals surface area contributed by atoms with E-state index in [9.17, 15) is 30.0 Å². The van der Waals surface area contributed by atoms with Crippen molar-refractivity contribution in [1.29, 1.82) is 0 Å². The average Bonchev–Trinajstić information content (AvgIpc) is 2.42. The zero-order valence-corrected chi connectivity index (χ0v) is 12.8. The number of hydrogen-bond acceptors (Lipinski definition) is 4. The first-order valence-corrected chi connectivity index (χ1v) is 8.84. The van der Waals surface area contributed by atoms with E-state index in [2.05, 4.69) is 0 Å². The normalized spacial score (nSPS) is 12.2. The van der Waals surface area contributed by atoms with Gasteiger partial charge in [0.25, 0.3) is 10.0 Å². The van der Waals surface area contributed by atoms with Crippen molar-refractivity contribution in [3.63, 3.8) is 0 Å². The maximum Gasteiger partial charge on any atom is 0.265 e. The summed E-state index contributed by atoms with van der Waals surface area (Å²) in [5.41, 5.74) is -0.652. The molecular formula is C12H9F3N2O4S2. The molecule has 3 N–H and O–H groups in total. The Labute approximate surface area is 129 Å². The Morgan fingerprint density at radius 3 is 2.13 bits per heavy atom. The van der Waals surface area contributed by atoms with Crippen LogP contribution in [0.3, 0.4) is 0 Å². The minimum absolute atomic E-state index is 0.495. The number of nitrogens with two attached hydrogens (primary N) is 1. The molecule has 2 rings (SSSR count). The second kappa shape index (κ2) is 5.83. The first-order valence-electron chi connectivity index (χ1n) is 5.81. The van der Waals surface area contributed by atoms with E-state index in [-0.39, 0.29) is 0 Å². The fourth-order valence-electron chi connectivity index (χ4n) is 1.65. The Bertz CT molecular complexity index is 976. The molecule has 0 unspecified atom stereocenters. The lowest BCUT2D eigenvalue weighted by Crippen LogP contribution is -2.17. The SMILES string of the molecule is NS(=O)(=O)c1ccc(NS(=O)(=O)c2cccc(F)c2F)c(F)c1. The molecule has 2 aromatic carbocycles. The Kier molecular flexibility index (Phi) is 4.37. The van der Waals surface area contributed by atoms with Crippen molar-refractivity contribution in [2.24, 2.45) is 5.14 Å². The van der Waals surface area contributed by atoms with E-state index in [4.69, 9.17) is 5.14 Å². The fraction of sp³-hybridized carbons (Fsp3) is 0. The smallest absolute Gasteiger partial charge is 0.265 e. The molecule has 0 radical (unpaired) electrons. The number of halogens is 3. The van der Waals surface area contributed by atoms with Crippen molar-refractivity contribution in [2.45, 2.75) is 9.79 Å². The third-order valence-corrected chi connectivity index (χ3v) is 5.01. The predicted molar refractivity (Wildman–Crippen MR) is 74.9 cm³/mol. The minimum Gasteiger partial charge on any atom is -0.277 e. The second-order valence-electron chi connectivity index (χ2n) is 4.34. The zero-order valence-electron chi connectivity index (χ0n) is 11.1. The molecule has 0 saturated carbocycles. The number of anilines is 1. The Balaban J connectivity index is 2.44. The number of rotatable bonds is 4. The summed E-state index contributed by atoms with van der Waals surface area (Å²) in [5.74, 6) is -4.27. The van der Waals surface area contributed by atoms with E-state index >= 15 is 0 Å². The van der Waals surface area contributed by atoms with Gasteiger partial charge in [0.15, 0.2) is 11.6 Å². The molecule has 0 aliphatic carbocycles. The standard InChI is InChI=1S/C12H9F3N2O4S2/c13-8-2-1-3-11(12(8)15)23(20,21)17-10-5-4-7(6-9(10)14)22(16,18)19/h1-6,17H,(H2,16,18,19). The molecule has 0 aliphatic rings. The van der Waals surface area contributed by atoms with E-state index in [1.165, 1.54) is 0 Å². The summed E-state index contributed by atoms with van der Waals surface area (Å²) >= 11 is 0. The van der Waals surface area contributed by atoms with Crippen molar-refractivity contribution in [1.82, 2.24) is 0 Å². The van der Waals surface area contributed by atoms with E-state index in [0.29, 0.717) is 6.07 Å². The van der Waals surface area contributed by atoms with Crippen molar-refractivity contribution in [3.05, 3.63) is 53.8 Å². The summed E-state index contributed by atoms with van der Waals surface area (Å²) in [6.45, 7) is 0.